The minimum atomic E-state index is -0.370. The zero-order valence-electron chi connectivity index (χ0n) is 15.0. The fourth-order valence-electron chi connectivity index (χ4n) is 4.28. The van der Waals surface area contributed by atoms with Crippen molar-refractivity contribution in [3.8, 4) is 0 Å². The number of rotatable bonds is 2. The summed E-state index contributed by atoms with van der Waals surface area (Å²) in [5.41, 5.74) is 4.58. The van der Waals surface area contributed by atoms with Crippen molar-refractivity contribution in [3.63, 3.8) is 0 Å². The molecule has 2 heterocycles. The summed E-state index contributed by atoms with van der Waals surface area (Å²) < 4.78 is 5.05. The van der Waals surface area contributed by atoms with Gasteiger partial charge in [0, 0.05) is 23.0 Å². The molecule has 1 aliphatic rings. The highest BCUT2D eigenvalue weighted by Gasteiger charge is 2.34. The third-order valence-electron chi connectivity index (χ3n) is 5.53. The molecule has 0 saturated heterocycles. The summed E-state index contributed by atoms with van der Waals surface area (Å²) in [5.74, 6) is -0.226. The molecule has 1 aromatic heterocycles. The van der Waals surface area contributed by atoms with E-state index in [9.17, 15) is 4.79 Å². The first-order chi connectivity index (χ1) is 13.3. The number of H-pyrrole nitrogens is 1. The number of para-hydroxylation sites is 1. The molecule has 134 valence electrons. The van der Waals surface area contributed by atoms with Crippen molar-refractivity contribution in [1.29, 1.82) is 0 Å². The van der Waals surface area contributed by atoms with Crippen molar-refractivity contribution in [2.24, 2.45) is 0 Å². The number of hydrogen-bond donors (Lipinski definition) is 2. The fraction of sp³-hybridized carbons (Fsp3) is 0.174. The van der Waals surface area contributed by atoms with Gasteiger partial charge in [0.2, 0.25) is 0 Å². The van der Waals surface area contributed by atoms with Crippen LogP contribution in [0.5, 0.6) is 0 Å². The number of aromatic nitrogens is 1. The summed E-state index contributed by atoms with van der Waals surface area (Å²) in [6.45, 7) is 0. The first-order valence-electron chi connectivity index (χ1n) is 9.17. The van der Waals surface area contributed by atoms with Gasteiger partial charge < -0.3 is 9.72 Å². The summed E-state index contributed by atoms with van der Waals surface area (Å²) in [6.07, 6.45) is 0.618. The van der Waals surface area contributed by atoms with E-state index in [4.69, 9.17) is 4.74 Å². The molecule has 4 aromatic rings. The number of carbonyl (C=O) groups is 1. The number of hydrogen-bond acceptors (Lipinski definition) is 3. The Balaban J connectivity index is 1.75. The van der Waals surface area contributed by atoms with E-state index < -0.39 is 0 Å². The number of methoxy groups -OCH3 is 1. The molecule has 2 N–H and O–H groups in total. The second-order valence-electron chi connectivity index (χ2n) is 7.01. The standard InChI is InChI=1S/C23H20N2O2/c1-27-23(26)20-13-18-16-10-4-5-12-19(16)24-22(18)21(25-20)17-11-6-8-14-7-2-3-9-15(14)17/h2-12,20-21,24-25H,13H2,1H3. The van der Waals surface area contributed by atoms with Crippen LogP contribution in [0.4, 0.5) is 0 Å². The van der Waals surface area contributed by atoms with E-state index in [1.165, 1.54) is 28.8 Å². The highest BCUT2D eigenvalue weighted by molar-refractivity contribution is 5.90. The highest BCUT2D eigenvalue weighted by Crippen LogP contribution is 2.37. The van der Waals surface area contributed by atoms with E-state index in [2.05, 4.69) is 58.8 Å². The number of ether oxygens (including phenoxy) is 1. The summed E-state index contributed by atoms with van der Waals surface area (Å²) in [4.78, 5) is 16.0. The van der Waals surface area contributed by atoms with Gasteiger partial charge in [-0.1, -0.05) is 60.7 Å². The van der Waals surface area contributed by atoms with E-state index in [0.717, 1.165) is 16.8 Å². The number of carbonyl (C=O) groups excluding carboxylic acids is 1. The van der Waals surface area contributed by atoms with Crippen LogP contribution in [0.2, 0.25) is 0 Å². The van der Waals surface area contributed by atoms with Gasteiger partial charge in [-0.05, 0) is 28.0 Å². The van der Waals surface area contributed by atoms with Gasteiger partial charge in [0.15, 0.2) is 0 Å². The van der Waals surface area contributed by atoms with Crippen molar-refractivity contribution in [2.45, 2.75) is 18.5 Å². The fourth-order valence-corrected chi connectivity index (χ4v) is 4.28. The van der Waals surface area contributed by atoms with E-state index >= 15 is 0 Å². The van der Waals surface area contributed by atoms with Crippen LogP contribution in [0, 0.1) is 0 Å². The molecular formula is C23H20N2O2. The molecule has 0 radical (unpaired) electrons. The van der Waals surface area contributed by atoms with Crippen LogP contribution in [0.1, 0.15) is 22.9 Å². The first kappa shape index (κ1) is 16.1. The molecule has 0 aliphatic carbocycles. The van der Waals surface area contributed by atoms with Crippen molar-refractivity contribution in [3.05, 3.63) is 83.6 Å². The number of esters is 1. The minimum absolute atomic E-state index is 0.101. The average molecular weight is 356 g/mol. The molecule has 2 atom stereocenters. The molecule has 0 bridgehead atoms. The van der Waals surface area contributed by atoms with E-state index in [0.29, 0.717) is 6.42 Å². The number of benzene rings is 3. The second kappa shape index (κ2) is 6.25. The predicted molar refractivity (Wildman–Crippen MR) is 107 cm³/mol. The van der Waals surface area contributed by atoms with Gasteiger partial charge in [0.1, 0.15) is 6.04 Å². The molecule has 0 spiro atoms. The van der Waals surface area contributed by atoms with Crippen LogP contribution in [0.15, 0.2) is 66.7 Å². The van der Waals surface area contributed by atoms with Gasteiger partial charge in [-0.25, -0.2) is 0 Å². The molecule has 2 unspecified atom stereocenters. The maximum absolute atomic E-state index is 12.4. The monoisotopic (exact) mass is 356 g/mol. The average Bonchev–Trinajstić information content (AvgIpc) is 3.11. The lowest BCUT2D eigenvalue weighted by Crippen LogP contribution is -2.45. The molecule has 4 heteroatoms. The molecule has 0 saturated carbocycles. The van der Waals surface area contributed by atoms with Gasteiger partial charge in [0.05, 0.1) is 13.2 Å². The largest absolute Gasteiger partial charge is 0.468 e. The van der Waals surface area contributed by atoms with Gasteiger partial charge in [-0.3, -0.25) is 10.1 Å². The van der Waals surface area contributed by atoms with E-state index in [-0.39, 0.29) is 18.1 Å². The van der Waals surface area contributed by atoms with Crippen molar-refractivity contribution >= 4 is 27.6 Å². The number of nitrogens with one attached hydrogen (secondary N) is 2. The van der Waals surface area contributed by atoms with Crippen LogP contribution in [0.25, 0.3) is 21.7 Å². The Hall–Kier alpha value is -3.11. The maximum Gasteiger partial charge on any atom is 0.323 e. The molecule has 3 aromatic carbocycles. The Morgan fingerprint density at radius 2 is 1.70 bits per heavy atom. The maximum atomic E-state index is 12.4. The number of fused-ring (bicyclic) bond motifs is 4. The lowest BCUT2D eigenvalue weighted by Gasteiger charge is -2.31. The summed E-state index contributed by atoms with van der Waals surface area (Å²) in [5, 5.41) is 7.08. The Bertz CT molecular complexity index is 1160. The molecule has 0 fully saturated rings. The van der Waals surface area contributed by atoms with E-state index in [1.807, 2.05) is 18.2 Å². The Labute approximate surface area is 157 Å². The quantitative estimate of drug-likeness (QED) is 0.532. The first-order valence-corrected chi connectivity index (χ1v) is 9.17. The minimum Gasteiger partial charge on any atom is -0.468 e. The van der Waals surface area contributed by atoms with Crippen LogP contribution >= 0.6 is 0 Å². The predicted octanol–water partition coefficient (Wildman–Crippen LogP) is 4.10. The third-order valence-corrected chi connectivity index (χ3v) is 5.53. The molecule has 5 rings (SSSR count). The van der Waals surface area contributed by atoms with Crippen molar-refractivity contribution in [1.82, 2.24) is 10.3 Å². The van der Waals surface area contributed by atoms with Gasteiger partial charge in [0.25, 0.3) is 0 Å². The molecular weight excluding hydrogens is 336 g/mol. The van der Waals surface area contributed by atoms with Gasteiger partial charge >= 0.3 is 5.97 Å². The highest BCUT2D eigenvalue weighted by atomic mass is 16.5. The Morgan fingerprint density at radius 3 is 2.56 bits per heavy atom. The zero-order chi connectivity index (χ0) is 18.4. The van der Waals surface area contributed by atoms with E-state index in [1.54, 1.807) is 0 Å². The van der Waals surface area contributed by atoms with Crippen LogP contribution in [0.3, 0.4) is 0 Å². The Kier molecular flexibility index (Phi) is 3.73. The molecule has 4 nitrogen and oxygen atoms in total. The van der Waals surface area contributed by atoms with Crippen LogP contribution < -0.4 is 5.32 Å². The summed E-state index contributed by atoms with van der Waals surface area (Å²) in [6, 6.07) is 22.5. The lowest BCUT2D eigenvalue weighted by molar-refractivity contribution is -0.143. The normalized spacial score (nSPS) is 19.1. The molecule has 27 heavy (non-hydrogen) atoms. The van der Waals surface area contributed by atoms with Crippen molar-refractivity contribution in [2.75, 3.05) is 7.11 Å². The van der Waals surface area contributed by atoms with Crippen LogP contribution in [-0.2, 0) is 16.0 Å². The lowest BCUT2D eigenvalue weighted by atomic mass is 9.88. The topological polar surface area (TPSA) is 54.1 Å². The zero-order valence-corrected chi connectivity index (χ0v) is 15.0. The van der Waals surface area contributed by atoms with Gasteiger partial charge in [-0.15, -0.1) is 0 Å². The molecule has 1 aliphatic heterocycles. The van der Waals surface area contributed by atoms with Gasteiger partial charge in [-0.2, -0.15) is 0 Å². The summed E-state index contributed by atoms with van der Waals surface area (Å²) >= 11 is 0. The SMILES string of the molecule is COC(=O)C1Cc2c([nH]c3ccccc23)C(c2cccc3ccccc23)N1. The van der Waals surface area contributed by atoms with Crippen LogP contribution in [-0.4, -0.2) is 24.1 Å². The summed E-state index contributed by atoms with van der Waals surface area (Å²) in [7, 11) is 1.45. The second-order valence-corrected chi connectivity index (χ2v) is 7.01. The smallest absolute Gasteiger partial charge is 0.323 e. The van der Waals surface area contributed by atoms with Crippen molar-refractivity contribution < 1.29 is 9.53 Å². The Morgan fingerprint density at radius 1 is 0.963 bits per heavy atom. The number of aromatic amines is 1. The third kappa shape index (κ3) is 2.53. The molecule has 0 amide bonds.